The molecule has 1 unspecified atom stereocenters. The summed E-state index contributed by atoms with van der Waals surface area (Å²) in [4.78, 5) is 33.9. The van der Waals surface area contributed by atoms with E-state index in [4.69, 9.17) is 4.74 Å². The van der Waals surface area contributed by atoms with Crippen LogP contribution in [0.2, 0.25) is 0 Å². The maximum absolute atomic E-state index is 13.5. The Balaban J connectivity index is 0.00000119. The number of hydrogen-bond donors (Lipinski definition) is 0. The van der Waals surface area contributed by atoms with Crippen molar-refractivity contribution in [2.75, 3.05) is 6.61 Å². The van der Waals surface area contributed by atoms with Crippen LogP contribution in [0.25, 0.3) is 11.1 Å². The summed E-state index contributed by atoms with van der Waals surface area (Å²) in [6, 6.07) is 12.0. The van der Waals surface area contributed by atoms with Crippen molar-refractivity contribution in [1.29, 1.82) is 0 Å². The van der Waals surface area contributed by atoms with Gasteiger partial charge >= 0.3 is 0 Å². The predicted octanol–water partition coefficient (Wildman–Crippen LogP) is 4.97. The summed E-state index contributed by atoms with van der Waals surface area (Å²) in [5.74, 6) is 1.30. The van der Waals surface area contributed by atoms with Crippen LogP contribution in [0.5, 0.6) is 5.75 Å². The molecule has 1 aliphatic carbocycles. The molecule has 1 aliphatic heterocycles. The van der Waals surface area contributed by atoms with Crippen LogP contribution < -0.4 is 4.74 Å². The average molecular weight is 429 g/mol. The standard InChI is InChI=1S/C25H22N2O3.C2H6/c1-14-26-11-18(12-27-14)15-4-6-21-20(10-15)23(24(29)25(21,2)3)16-5-7-22-17(8-16)9-19(28)13-30-22;1-2/h4-8,10-12,23H,9,13H2,1-3H3;1-2H3. The number of carbonyl (C=O) groups excluding carboxylic acids is 2. The minimum atomic E-state index is -0.579. The second kappa shape index (κ2) is 8.30. The topological polar surface area (TPSA) is 69.2 Å². The molecule has 2 aliphatic rings. The molecule has 0 saturated carbocycles. The number of hydrogen-bond acceptors (Lipinski definition) is 5. The molecule has 0 amide bonds. The number of aryl methyl sites for hydroxylation is 1. The van der Waals surface area contributed by atoms with Gasteiger partial charge in [0.2, 0.25) is 0 Å². The van der Waals surface area contributed by atoms with Crippen molar-refractivity contribution >= 4 is 11.6 Å². The highest BCUT2D eigenvalue weighted by atomic mass is 16.5. The highest BCUT2D eigenvalue weighted by Gasteiger charge is 2.46. The number of carbonyl (C=O) groups is 2. The van der Waals surface area contributed by atoms with Gasteiger partial charge in [-0.3, -0.25) is 9.59 Å². The molecule has 3 aromatic rings. The van der Waals surface area contributed by atoms with Crippen molar-refractivity contribution in [2.45, 2.75) is 52.4 Å². The number of fused-ring (bicyclic) bond motifs is 2. The van der Waals surface area contributed by atoms with Crippen molar-refractivity contribution in [2.24, 2.45) is 0 Å². The van der Waals surface area contributed by atoms with E-state index in [0.717, 1.165) is 45.0 Å². The van der Waals surface area contributed by atoms with E-state index < -0.39 is 5.41 Å². The molecule has 2 heterocycles. The highest BCUT2D eigenvalue weighted by molar-refractivity contribution is 6.02. The third-order valence-corrected chi connectivity index (χ3v) is 6.22. The van der Waals surface area contributed by atoms with Crippen LogP contribution in [-0.2, 0) is 21.4 Å². The summed E-state index contributed by atoms with van der Waals surface area (Å²) in [5.41, 5.74) is 5.13. The van der Waals surface area contributed by atoms with E-state index >= 15 is 0 Å². The molecule has 2 aromatic carbocycles. The third kappa shape index (κ3) is 3.62. The van der Waals surface area contributed by atoms with Gasteiger partial charge in [0.15, 0.2) is 11.6 Å². The summed E-state index contributed by atoms with van der Waals surface area (Å²) < 4.78 is 5.53. The first-order chi connectivity index (χ1) is 15.3. The summed E-state index contributed by atoms with van der Waals surface area (Å²) in [7, 11) is 0. The van der Waals surface area contributed by atoms with E-state index in [2.05, 4.69) is 16.0 Å². The van der Waals surface area contributed by atoms with Crippen molar-refractivity contribution < 1.29 is 14.3 Å². The van der Waals surface area contributed by atoms with Crippen molar-refractivity contribution in [3.63, 3.8) is 0 Å². The Morgan fingerprint density at radius 1 is 0.969 bits per heavy atom. The molecule has 5 rings (SSSR count). The molecule has 1 atom stereocenters. The first-order valence-electron chi connectivity index (χ1n) is 11.1. The van der Waals surface area contributed by atoms with Crippen LogP contribution in [-0.4, -0.2) is 28.1 Å². The molecule has 0 spiro atoms. The van der Waals surface area contributed by atoms with Crippen LogP contribution in [0.3, 0.4) is 0 Å². The fourth-order valence-corrected chi connectivity index (χ4v) is 4.54. The molecule has 0 radical (unpaired) electrons. The van der Waals surface area contributed by atoms with E-state index in [-0.39, 0.29) is 24.1 Å². The molecule has 0 bridgehead atoms. The Hall–Kier alpha value is -3.34. The fraction of sp³-hybridized carbons (Fsp3) is 0.333. The average Bonchev–Trinajstić information content (AvgIpc) is 3.00. The first kappa shape index (κ1) is 21.9. The Morgan fingerprint density at radius 2 is 1.69 bits per heavy atom. The second-order valence-electron chi connectivity index (χ2n) is 8.61. The summed E-state index contributed by atoms with van der Waals surface area (Å²) in [5, 5.41) is 0. The van der Waals surface area contributed by atoms with Crippen LogP contribution in [0.1, 0.15) is 61.7 Å². The summed E-state index contributed by atoms with van der Waals surface area (Å²) in [6.07, 6.45) is 3.97. The van der Waals surface area contributed by atoms with E-state index in [9.17, 15) is 9.59 Å². The fourth-order valence-electron chi connectivity index (χ4n) is 4.54. The minimum Gasteiger partial charge on any atom is -0.486 e. The molecule has 32 heavy (non-hydrogen) atoms. The number of ketones is 2. The number of rotatable bonds is 2. The van der Waals surface area contributed by atoms with Gasteiger partial charge in [-0.1, -0.05) is 38.1 Å². The minimum absolute atomic E-state index is 0.0554. The maximum atomic E-state index is 13.5. The molecular weight excluding hydrogens is 400 g/mol. The van der Waals surface area contributed by atoms with Gasteiger partial charge in [0.1, 0.15) is 18.2 Å². The lowest BCUT2D eigenvalue weighted by atomic mass is 9.83. The van der Waals surface area contributed by atoms with Crippen molar-refractivity contribution in [1.82, 2.24) is 9.97 Å². The van der Waals surface area contributed by atoms with E-state index in [1.54, 1.807) is 0 Å². The molecular formula is C27H28N2O3. The van der Waals surface area contributed by atoms with Gasteiger partial charge in [-0.05, 0) is 55.2 Å². The molecule has 164 valence electrons. The summed E-state index contributed by atoms with van der Waals surface area (Å²) >= 11 is 0. The number of Topliss-reactive ketones (excluding diaryl/α,β-unsaturated/α-hetero) is 2. The lowest BCUT2D eigenvalue weighted by molar-refractivity contribution is -0.123. The largest absolute Gasteiger partial charge is 0.486 e. The van der Waals surface area contributed by atoms with Crippen molar-refractivity contribution in [3.05, 3.63) is 76.9 Å². The van der Waals surface area contributed by atoms with Crippen LogP contribution >= 0.6 is 0 Å². The SMILES string of the molecule is CC.Cc1ncc(-c2ccc3c(c2)C(c2ccc4c(c2)CC(=O)CO4)C(=O)C3(C)C)cn1. The van der Waals surface area contributed by atoms with Gasteiger partial charge in [0.05, 0.1) is 5.92 Å². The number of aromatic nitrogens is 2. The predicted molar refractivity (Wildman–Crippen MR) is 124 cm³/mol. The lowest BCUT2D eigenvalue weighted by Gasteiger charge is -2.20. The van der Waals surface area contributed by atoms with Gasteiger partial charge in [-0.15, -0.1) is 0 Å². The molecule has 0 N–H and O–H groups in total. The molecule has 0 saturated heterocycles. The quantitative estimate of drug-likeness (QED) is 0.576. The molecule has 1 aromatic heterocycles. The van der Waals surface area contributed by atoms with Crippen molar-refractivity contribution in [3.8, 4) is 16.9 Å². The number of benzene rings is 2. The highest BCUT2D eigenvalue weighted by Crippen LogP contribution is 2.47. The Kier molecular flexibility index (Phi) is 5.68. The van der Waals surface area contributed by atoms with Gasteiger partial charge in [-0.25, -0.2) is 9.97 Å². The second-order valence-corrected chi connectivity index (χ2v) is 8.61. The lowest BCUT2D eigenvalue weighted by Crippen LogP contribution is -2.26. The van der Waals surface area contributed by atoms with Gasteiger partial charge in [0.25, 0.3) is 0 Å². The number of nitrogens with zero attached hydrogens (tertiary/aromatic N) is 2. The molecule has 0 fully saturated rings. The van der Waals surface area contributed by atoms with Gasteiger partial charge in [-0.2, -0.15) is 0 Å². The van der Waals surface area contributed by atoms with Crippen LogP contribution in [0.4, 0.5) is 0 Å². The van der Waals surface area contributed by atoms with E-state index in [1.807, 2.05) is 77.3 Å². The maximum Gasteiger partial charge on any atom is 0.174 e. The molecule has 5 nitrogen and oxygen atoms in total. The monoisotopic (exact) mass is 428 g/mol. The summed E-state index contributed by atoms with van der Waals surface area (Å²) in [6.45, 7) is 9.93. The first-order valence-corrected chi connectivity index (χ1v) is 11.1. The van der Waals surface area contributed by atoms with Gasteiger partial charge in [0, 0.05) is 35.4 Å². The van der Waals surface area contributed by atoms with Crippen LogP contribution in [0, 0.1) is 6.92 Å². The third-order valence-electron chi connectivity index (χ3n) is 6.22. The Labute approximate surface area is 188 Å². The van der Waals surface area contributed by atoms with Crippen LogP contribution in [0.15, 0.2) is 48.8 Å². The zero-order valence-corrected chi connectivity index (χ0v) is 19.2. The Morgan fingerprint density at radius 3 is 2.41 bits per heavy atom. The van der Waals surface area contributed by atoms with E-state index in [1.165, 1.54) is 0 Å². The zero-order chi connectivity index (χ0) is 23.0. The Bertz CT molecular complexity index is 1200. The zero-order valence-electron chi connectivity index (χ0n) is 19.2. The van der Waals surface area contributed by atoms with Gasteiger partial charge < -0.3 is 4.74 Å². The number of ether oxygens (including phenoxy) is 1. The van der Waals surface area contributed by atoms with E-state index in [0.29, 0.717) is 6.42 Å². The smallest absolute Gasteiger partial charge is 0.174 e. The molecule has 5 heteroatoms. The normalized spacial score (nSPS) is 18.2.